The number of aromatic nitrogens is 1. The number of hydrogen-bond donors (Lipinski definition) is 0. The first kappa shape index (κ1) is 10.7. The number of hydrogen-bond acceptors (Lipinski definition) is 2. The van der Waals surface area contributed by atoms with Gasteiger partial charge in [0.05, 0.1) is 6.54 Å². The summed E-state index contributed by atoms with van der Waals surface area (Å²) in [6.45, 7) is 4.02. The highest BCUT2D eigenvalue weighted by Gasteiger charge is 2.02. The molecular formula is C11H15NO2. The second-order valence-electron chi connectivity index (χ2n) is 3.46. The number of Topliss-reactive ketones (excluding diaryl/α,β-unsaturated/α-hetero) is 1. The van der Waals surface area contributed by atoms with E-state index in [0.29, 0.717) is 6.42 Å². The van der Waals surface area contributed by atoms with Crippen LogP contribution in [-0.4, -0.2) is 10.4 Å². The number of nitrogens with zero attached hydrogens (tertiary/aromatic N) is 1. The molecule has 0 saturated heterocycles. The van der Waals surface area contributed by atoms with E-state index in [1.807, 2.05) is 19.9 Å². The Morgan fingerprint density at radius 3 is 2.79 bits per heavy atom. The van der Waals surface area contributed by atoms with E-state index in [-0.39, 0.29) is 17.9 Å². The van der Waals surface area contributed by atoms with Crippen LogP contribution in [0.5, 0.6) is 0 Å². The first-order valence-corrected chi connectivity index (χ1v) is 4.82. The van der Waals surface area contributed by atoms with Crippen molar-refractivity contribution < 1.29 is 4.79 Å². The van der Waals surface area contributed by atoms with E-state index in [2.05, 4.69) is 0 Å². The van der Waals surface area contributed by atoms with Crippen LogP contribution in [0.1, 0.15) is 25.3 Å². The van der Waals surface area contributed by atoms with Gasteiger partial charge in [-0.3, -0.25) is 9.59 Å². The average Bonchev–Trinajstić information content (AvgIpc) is 2.10. The first-order chi connectivity index (χ1) is 6.63. The number of carbonyl (C=O) groups is 1. The summed E-state index contributed by atoms with van der Waals surface area (Å²) in [4.78, 5) is 22.7. The SMILES string of the molecule is CCCC(=O)Cn1ccc(C)cc1=O. The molecule has 3 heteroatoms. The van der Waals surface area contributed by atoms with Crippen molar-refractivity contribution >= 4 is 5.78 Å². The normalized spacial score (nSPS) is 10.1. The van der Waals surface area contributed by atoms with Crippen LogP contribution in [0.15, 0.2) is 23.1 Å². The molecule has 0 atom stereocenters. The Morgan fingerprint density at radius 2 is 2.21 bits per heavy atom. The molecule has 1 aromatic rings. The standard InChI is InChI=1S/C11H15NO2/c1-3-4-10(13)8-12-6-5-9(2)7-11(12)14/h5-7H,3-4,8H2,1-2H3. The van der Waals surface area contributed by atoms with Crippen LogP contribution in [0, 0.1) is 6.92 Å². The molecule has 3 nitrogen and oxygen atoms in total. The maximum atomic E-state index is 11.4. The Bertz CT molecular complexity index is 379. The lowest BCUT2D eigenvalue weighted by atomic mass is 10.2. The monoisotopic (exact) mass is 193 g/mol. The molecule has 0 aliphatic carbocycles. The predicted molar refractivity (Wildman–Crippen MR) is 55.4 cm³/mol. The third-order valence-electron chi connectivity index (χ3n) is 2.03. The van der Waals surface area contributed by atoms with Crippen molar-refractivity contribution in [1.82, 2.24) is 4.57 Å². The van der Waals surface area contributed by atoms with E-state index in [0.717, 1.165) is 12.0 Å². The van der Waals surface area contributed by atoms with Crippen molar-refractivity contribution in [3.63, 3.8) is 0 Å². The van der Waals surface area contributed by atoms with Gasteiger partial charge in [-0.25, -0.2) is 0 Å². The molecule has 0 aromatic carbocycles. The number of aryl methyl sites for hydroxylation is 1. The molecule has 0 N–H and O–H groups in total. The summed E-state index contributed by atoms with van der Waals surface area (Å²) in [6, 6.07) is 3.37. The summed E-state index contributed by atoms with van der Waals surface area (Å²) < 4.78 is 1.45. The maximum absolute atomic E-state index is 11.4. The highest BCUT2D eigenvalue weighted by Crippen LogP contribution is 1.94. The Balaban J connectivity index is 2.77. The Hall–Kier alpha value is -1.38. The average molecular weight is 193 g/mol. The molecule has 76 valence electrons. The largest absolute Gasteiger partial charge is 0.308 e. The fourth-order valence-corrected chi connectivity index (χ4v) is 1.29. The fourth-order valence-electron chi connectivity index (χ4n) is 1.29. The van der Waals surface area contributed by atoms with Gasteiger partial charge in [0.1, 0.15) is 0 Å². The predicted octanol–water partition coefficient (Wildman–Crippen LogP) is 1.53. The highest BCUT2D eigenvalue weighted by molar-refractivity contribution is 5.78. The van der Waals surface area contributed by atoms with Crippen LogP contribution in [0.2, 0.25) is 0 Å². The summed E-state index contributed by atoms with van der Waals surface area (Å²) in [7, 11) is 0. The Labute approximate surface area is 83.4 Å². The molecule has 0 amide bonds. The number of carbonyl (C=O) groups excluding carboxylic acids is 1. The van der Waals surface area contributed by atoms with Gasteiger partial charge in [0.2, 0.25) is 0 Å². The van der Waals surface area contributed by atoms with Crippen LogP contribution < -0.4 is 5.56 Å². The topological polar surface area (TPSA) is 39.1 Å². The van der Waals surface area contributed by atoms with Crippen LogP contribution in [-0.2, 0) is 11.3 Å². The van der Waals surface area contributed by atoms with E-state index < -0.39 is 0 Å². The summed E-state index contributed by atoms with van der Waals surface area (Å²) in [6.07, 6.45) is 3.05. The fraction of sp³-hybridized carbons (Fsp3) is 0.455. The molecule has 0 spiro atoms. The molecule has 0 fully saturated rings. The van der Waals surface area contributed by atoms with Crippen molar-refractivity contribution in [2.75, 3.05) is 0 Å². The minimum atomic E-state index is -0.102. The van der Waals surface area contributed by atoms with Gasteiger partial charge in [-0.15, -0.1) is 0 Å². The molecule has 1 rings (SSSR count). The molecule has 0 unspecified atom stereocenters. The van der Waals surface area contributed by atoms with E-state index in [9.17, 15) is 9.59 Å². The highest BCUT2D eigenvalue weighted by atomic mass is 16.1. The lowest BCUT2D eigenvalue weighted by Crippen LogP contribution is -2.22. The van der Waals surface area contributed by atoms with E-state index in [1.54, 1.807) is 12.3 Å². The van der Waals surface area contributed by atoms with Crippen LogP contribution in [0.4, 0.5) is 0 Å². The van der Waals surface area contributed by atoms with Gasteiger partial charge in [-0.2, -0.15) is 0 Å². The molecule has 1 heterocycles. The van der Waals surface area contributed by atoms with Crippen LogP contribution in [0.25, 0.3) is 0 Å². The minimum absolute atomic E-state index is 0.102. The van der Waals surface area contributed by atoms with Crippen molar-refractivity contribution in [3.05, 3.63) is 34.2 Å². The molecular weight excluding hydrogens is 178 g/mol. The summed E-state index contributed by atoms with van der Waals surface area (Å²) >= 11 is 0. The zero-order valence-electron chi connectivity index (χ0n) is 8.62. The van der Waals surface area contributed by atoms with Crippen LogP contribution in [0.3, 0.4) is 0 Å². The third kappa shape index (κ3) is 2.83. The quantitative estimate of drug-likeness (QED) is 0.727. The third-order valence-corrected chi connectivity index (χ3v) is 2.03. The van der Waals surface area contributed by atoms with Crippen LogP contribution >= 0.6 is 0 Å². The maximum Gasteiger partial charge on any atom is 0.251 e. The smallest absolute Gasteiger partial charge is 0.251 e. The van der Waals surface area contributed by atoms with Gasteiger partial charge in [-0.1, -0.05) is 6.92 Å². The molecule has 14 heavy (non-hydrogen) atoms. The lowest BCUT2D eigenvalue weighted by Gasteiger charge is -2.03. The van der Waals surface area contributed by atoms with Crippen molar-refractivity contribution in [1.29, 1.82) is 0 Å². The Morgan fingerprint density at radius 1 is 1.50 bits per heavy atom. The molecule has 0 aliphatic heterocycles. The molecule has 0 bridgehead atoms. The van der Waals surface area contributed by atoms with Gasteiger partial charge >= 0.3 is 0 Å². The van der Waals surface area contributed by atoms with Crippen molar-refractivity contribution in [3.8, 4) is 0 Å². The van der Waals surface area contributed by atoms with Gasteiger partial charge in [0.25, 0.3) is 5.56 Å². The zero-order valence-corrected chi connectivity index (χ0v) is 8.62. The van der Waals surface area contributed by atoms with Crippen molar-refractivity contribution in [2.24, 2.45) is 0 Å². The number of rotatable bonds is 4. The molecule has 0 radical (unpaired) electrons. The molecule has 0 aliphatic rings. The van der Waals surface area contributed by atoms with Crippen molar-refractivity contribution in [2.45, 2.75) is 33.2 Å². The van der Waals surface area contributed by atoms with Gasteiger partial charge in [-0.05, 0) is 25.0 Å². The van der Waals surface area contributed by atoms with Gasteiger partial charge in [0, 0.05) is 18.7 Å². The van der Waals surface area contributed by atoms with Gasteiger partial charge < -0.3 is 4.57 Å². The molecule has 0 saturated carbocycles. The minimum Gasteiger partial charge on any atom is -0.308 e. The summed E-state index contributed by atoms with van der Waals surface area (Å²) in [5.74, 6) is 0.110. The lowest BCUT2D eigenvalue weighted by molar-refractivity contribution is -0.119. The second kappa shape index (κ2) is 4.74. The first-order valence-electron chi connectivity index (χ1n) is 4.82. The van der Waals surface area contributed by atoms with E-state index in [4.69, 9.17) is 0 Å². The summed E-state index contributed by atoms with van der Waals surface area (Å²) in [5, 5.41) is 0. The summed E-state index contributed by atoms with van der Waals surface area (Å²) in [5.41, 5.74) is 0.823. The number of ketones is 1. The van der Waals surface area contributed by atoms with E-state index >= 15 is 0 Å². The zero-order chi connectivity index (χ0) is 10.6. The van der Waals surface area contributed by atoms with E-state index in [1.165, 1.54) is 4.57 Å². The van der Waals surface area contributed by atoms with Gasteiger partial charge in [0.15, 0.2) is 5.78 Å². The number of pyridine rings is 1. The second-order valence-corrected chi connectivity index (χ2v) is 3.46. The Kier molecular flexibility index (Phi) is 3.63. The molecule has 1 aromatic heterocycles.